The Kier molecular flexibility index (Phi) is 5.95. The molecule has 1 rings (SSSR count). The maximum absolute atomic E-state index is 10.9. The summed E-state index contributed by atoms with van der Waals surface area (Å²) in [6, 6.07) is 7.20. The van der Waals surface area contributed by atoms with E-state index in [1.165, 1.54) is 0 Å². The van der Waals surface area contributed by atoms with Gasteiger partial charge in [-0.3, -0.25) is 4.79 Å². The first-order chi connectivity index (χ1) is 8.52. The number of halogens is 1. The van der Waals surface area contributed by atoms with Gasteiger partial charge in [-0.2, -0.15) is 0 Å². The van der Waals surface area contributed by atoms with Crippen molar-refractivity contribution in [2.45, 2.75) is 6.92 Å². The summed E-state index contributed by atoms with van der Waals surface area (Å²) < 4.78 is 5.07. The molecule has 0 bridgehead atoms. The molecular formula is C13H18ClNO3. The summed E-state index contributed by atoms with van der Waals surface area (Å²) in [6.07, 6.45) is 0. The second-order valence-corrected chi connectivity index (χ2v) is 4.75. The molecule has 0 spiro atoms. The number of anilines is 1. The normalized spacial score (nSPS) is 12.2. The highest BCUT2D eigenvalue weighted by atomic mass is 35.5. The molecule has 0 aliphatic heterocycles. The quantitative estimate of drug-likeness (QED) is 0.828. The number of benzene rings is 1. The summed E-state index contributed by atoms with van der Waals surface area (Å²) in [7, 11) is 1.64. The van der Waals surface area contributed by atoms with E-state index < -0.39 is 5.97 Å². The van der Waals surface area contributed by atoms with Gasteiger partial charge in [0, 0.05) is 24.4 Å². The Balaban J connectivity index is 2.80. The minimum Gasteiger partial charge on any atom is -0.480 e. The number of hydrogen-bond acceptors (Lipinski definition) is 3. The fourth-order valence-corrected chi connectivity index (χ4v) is 2.00. The Morgan fingerprint density at radius 2 is 2.28 bits per heavy atom. The lowest BCUT2D eigenvalue weighted by Crippen LogP contribution is -2.34. The molecule has 1 unspecified atom stereocenters. The van der Waals surface area contributed by atoms with Crippen LogP contribution in [0.1, 0.15) is 6.92 Å². The smallest absolute Gasteiger partial charge is 0.323 e. The van der Waals surface area contributed by atoms with Gasteiger partial charge >= 0.3 is 5.97 Å². The number of carboxylic acid groups (broad SMARTS) is 1. The topological polar surface area (TPSA) is 49.8 Å². The zero-order valence-corrected chi connectivity index (χ0v) is 11.4. The van der Waals surface area contributed by atoms with Crippen LogP contribution in [0.3, 0.4) is 0 Å². The molecule has 1 aromatic rings. The Morgan fingerprint density at radius 3 is 2.83 bits per heavy atom. The van der Waals surface area contributed by atoms with Crippen LogP contribution in [0.4, 0.5) is 5.69 Å². The summed E-state index contributed by atoms with van der Waals surface area (Å²) in [5, 5.41) is 9.55. The van der Waals surface area contributed by atoms with Crippen LogP contribution in [0.15, 0.2) is 24.3 Å². The van der Waals surface area contributed by atoms with Gasteiger partial charge in [-0.15, -0.1) is 0 Å². The van der Waals surface area contributed by atoms with Gasteiger partial charge in [0.25, 0.3) is 0 Å². The Morgan fingerprint density at radius 1 is 1.56 bits per heavy atom. The maximum Gasteiger partial charge on any atom is 0.323 e. The summed E-state index contributed by atoms with van der Waals surface area (Å²) in [5.41, 5.74) is 0.813. The van der Waals surface area contributed by atoms with Crippen LogP contribution in [0.5, 0.6) is 0 Å². The molecule has 0 aliphatic rings. The van der Waals surface area contributed by atoms with E-state index >= 15 is 0 Å². The minimum atomic E-state index is -0.861. The molecular weight excluding hydrogens is 254 g/mol. The number of carbonyl (C=O) groups is 1. The van der Waals surface area contributed by atoms with Crippen LogP contribution in [-0.4, -0.2) is 37.9 Å². The molecule has 4 nitrogen and oxygen atoms in total. The summed E-state index contributed by atoms with van der Waals surface area (Å²) in [4.78, 5) is 12.7. The molecule has 0 aromatic heterocycles. The van der Waals surface area contributed by atoms with Crippen molar-refractivity contribution in [2.75, 3.05) is 31.7 Å². The lowest BCUT2D eigenvalue weighted by Gasteiger charge is -2.26. The fourth-order valence-electron chi connectivity index (χ4n) is 1.81. The average Bonchev–Trinajstić information content (AvgIpc) is 2.28. The van der Waals surface area contributed by atoms with Crippen molar-refractivity contribution in [3.8, 4) is 0 Å². The number of methoxy groups -OCH3 is 1. The zero-order chi connectivity index (χ0) is 13.5. The van der Waals surface area contributed by atoms with Crippen molar-refractivity contribution in [1.29, 1.82) is 0 Å². The Bertz CT molecular complexity index is 398. The highest BCUT2D eigenvalue weighted by Crippen LogP contribution is 2.20. The first-order valence-corrected chi connectivity index (χ1v) is 6.12. The van der Waals surface area contributed by atoms with Crippen molar-refractivity contribution in [2.24, 2.45) is 5.92 Å². The largest absolute Gasteiger partial charge is 0.480 e. The van der Waals surface area contributed by atoms with Gasteiger partial charge < -0.3 is 14.7 Å². The van der Waals surface area contributed by atoms with Crippen LogP contribution in [0.25, 0.3) is 0 Å². The number of rotatable bonds is 7. The summed E-state index contributed by atoms with van der Waals surface area (Å²) >= 11 is 5.92. The van der Waals surface area contributed by atoms with Crippen molar-refractivity contribution in [3.05, 3.63) is 29.3 Å². The van der Waals surface area contributed by atoms with E-state index in [9.17, 15) is 4.79 Å². The molecule has 0 radical (unpaired) electrons. The SMILES string of the molecule is COCC(C)CN(CC(=O)O)c1cccc(Cl)c1. The number of aliphatic carboxylic acids is 1. The Hall–Kier alpha value is -1.26. The third-order valence-corrected chi connectivity index (χ3v) is 2.72. The van der Waals surface area contributed by atoms with Gasteiger partial charge in [-0.1, -0.05) is 24.6 Å². The maximum atomic E-state index is 10.9. The van der Waals surface area contributed by atoms with E-state index in [4.69, 9.17) is 21.4 Å². The second-order valence-electron chi connectivity index (χ2n) is 4.31. The van der Waals surface area contributed by atoms with Gasteiger partial charge in [0.1, 0.15) is 6.54 Å². The lowest BCUT2D eigenvalue weighted by molar-refractivity contribution is -0.135. The molecule has 5 heteroatoms. The van der Waals surface area contributed by atoms with Crippen molar-refractivity contribution in [1.82, 2.24) is 0 Å². The van der Waals surface area contributed by atoms with Gasteiger partial charge in [0.15, 0.2) is 0 Å². The Labute approximate surface area is 112 Å². The molecule has 0 fully saturated rings. The monoisotopic (exact) mass is 271 g/mol. The molecule has 0 aliphatic carbocycles. The molecule has 100 valence electrons. The number of hydrogen-bond donors (Lipinski definition) is 1. The van der Waals surface area contributed by atoms with E-state index in [1.807, 2.05) is 19.1 Å². The molecule has 0 saturated heterocycles. The molecule has 0 amide bonds. The van der Waals surface area contributed by atoms with E-state index in [0.717, 1.165) is 5.69 Å². The van der Waals surface area contributed by atoms with Crippen molar-refractivity contribution < 1.29 is 14.6 Å². The molecule has 0 saturated carbocycles. The van der Waals surface area contributed by atoms with E-state index in [-0.39, 0.29) is 12.5 Å². The molecule has 18 heavy (non-hydrogen) atoms. The number of carboxylic acids is 1. The van der Waals surface area contributed by atoms with Gasteiger partial charge in [-0.05, 0) is 24.1 Å². The first-order valence-electron chi connectivity index (χ1n) is 5.74. The van der Waals surface area contributed by atoms with Crippen LogP contribution in [0, 0.1) is 5.92 Å². The molecule has 1 atom stereocenters. The fraction of sp³-hybridized carbons (Fsp3) is 0.462. The highest BCUT2D eigenvalue weighted by molar-refractivity contribution is 6.30. The standard InChI is InChI=1S/C13H18ClNO3/c1-10(9-18-2)7-15(8-13(16)17)12-5-3-4-11(14)6-12/h3-6,10H,7-9H2,1-2H3,(H,16,17). The van der Waals surface area contributed by atoms with Crippen LogP contribution in [0.2, 0.25) is 5.02 Å². The predicted octanol–water partition coefficient (Wildman–Crippen LogP) is 2.51. The molecule has 0 heterocycles. The van der Waals surface area contributed by atoms with E-state index in [1.54, 1.807) is 24.1 Å². The predicted molar refractivity (Wildman–Crippen MR) is 72.3 cm³/mol. The van der Waals surface area contributed by atoms with E-state index in [0.29, 0.717) is 18.2 Å². The highest BCUT2D eigenvalue weighted by Gasteiger charge is 2.14. The zero-order valence-electron chi connectivity index (χ0n) is 10.6. The lowest BCUT2D eigenvalue weighted by atomic mass is 10.1. The van der Waals surface area contributed by atoms with Gasteiger partial charge in [0.05, 0.1) is 6.61 Å². The van der Waals surface area contributed by atoms with Crippen LogP contribution >= 0.6 is 11.6 Å². The van der Waals surface area contributed by atoms with Crippen molar-refractivity contribution in [3.63, 3.8) is 0 Å². The number of ether oxygens (including phenoxy) is 1. The van der Waals surface area contributed by atoms with E-state index in [2.05, 4.69) is 0 Å². The second kappa shape index (κ2) is 7.24. The van der Waals surface area contributed by atoms with Crippen LogP contribution in [-0.2, 0) is 9.53 Å². The van der Waals surface area contributed by atoms with Gasteiger partial charge in [0.2, 0.25) is 0 Å². The number of nitrogens with zero attached hydrogens (tertiary/aromatic N) is 1. The summed E-state index contributed by atoms with van der Waals surface area (Å²) in [6.45, 7) is 3.18. The van der Waals surface area contributed by atoms with Gasteiger partial charge in [-0.25, -0.2) is 0 Å². The molecule has 1 aromatic carbocycles. The van der Waals surface area contributed by atoms with Crippen LogP contribution < -0.4 is 4.90 Å². The third-order valence-electron chi connectivity index (χ3n) is 2.48. The average molecular weight is 272 g/mol. The summed E-state index contributed by atoms with van der Waals surface area (Å²) in [5.74, 6) is -0.618. The third kappa shape index (κ3) is 4.94. The first kappa shape index (κ1) is 14.8. The minimum absolute atomic E-state index is 0.0472. The van der Waals surface area contributed by atoms with Crippen molar-refractivity contribution >= 4 is 23.3 Å². The molecule has 1 N–H and O–H groups in total.